The van der Waals surface area contributed by atoms with Crippen molar-refractivity contribution in [3.63, 3.8) is 0 Å². The van der Waals surface area contributed by atoms with Crippen LogP contribution in [-0.4, -0.2) is 23.9 Å². The van der Waals surface area contributed by atoms with Crippen molar-refractivity contribution in [2.75, 3.05) is 7.11 Å². The van der Waals surface area contributed by atoms with Crippen molar-refractivity contribution in [3.05, 3.63) is 65.4 Å². The average Bonchev–Trinajstić information content (AvgIpc) is 2.98. The van der Waals surface area contributed by atoms with E-state index in [1.165, 1.54) is 7.11 Å². The number of methoxy groups -OCH3 is 1. The molecule has 0 aliphatic carbocycles. The van der Waals surface area contributed by atoms with Gasteiger partial charge in [-0.25, -0.2) is 4.79 Å². The van der Waals surface area contributed by atoms with E-state index in [9.17, 15) is 4.79 Å². The number of nitrogens with zero attached hydrogens (tertiary/aromatic N) is 1. The summed E-state index contributed by atoms with van der Waals surface area (Å²) in [7, 11) is 1.36. The zero-order valence-corrected chi connectivity index (χ0v) is 15.5. The molecule has 0 radical (unpaired) electrons. The molecule has 5 nitrogen and oxygen atoms in total. The minimum atomic E-state index is -0.432. The summed E-state index contributed by atoms with van der Waals surface area (Å²) in [5, 5.41) is 0.922. The summed E-state index contributed by atoms with van der Waals surface area (Å²) >= 11 is 0. The maximum atomic E-state index is 12.1. The van der Waals surface area contributed by atoms with Crippen molar-refractivity contribution in [3.8, 4) is 5.75 Å². The number of fused-ring (bicyclic) bond motifs is 1. The first kappa shape index (κ1) is 17.9. The van der Waals surface area contributed by atoms with Crippen LogP contribution in [0, 0.1) is 6.92 Å². The topological polar surface area (TPSA) is 49.7 Å². The third-order valence-electron chi connectivity index (χ3n) is 4.10. The highest BCUT2D eigenvalue weighted by molar-refractivity contribution is 5.95. The second kappa shape index (κ2) is 7.52. The zero-order chi connectivity index (χ0) is 18.7. The van der Waals surface area contributed by atoms with E-state index >= 15 is 0 Å². The van der Waals surface area contributed by atoms with Gasteiger partial charge in [0.05, 0.1) is 18.7 Å². The molecule has 1 aromatic heterocycles. The van der Waals surface area contributed by atoms with E-state index in [4.69, 9.17) is 14.3 Å². The molecule has 0 unspecified atom stereocenters. The average molecular weight is 353 g/mol. The van der Waals surface area contributed by atoms with Crippen molar-refractivity contribution in [2.24, 2.45) is 0 Å². The molecule has 0 fully saturated rings. The molecular weight excluding hydrogens is 330 g/mol. The molecule has 0 saturated heterocycles. The van der Waals surface area contributed by atoms with Crippen molar-refractivity contribution in [1.29, 1.82) is 0 Å². The van der Waals surface area contributed by atoms with Gasteiger partial charge in [-0.05, 0) is 56.2 Å². The highest BCUT2D eigenvalue weighted by atomic mass is 16.7. The normalized spacial score (nSPS) is 11.0. The van der Waals surface area contributed by atoms with Gasteiger partial charge in [-0.2, -0.15) is 4.73 Å². The number of hydrogen-bond donors (Lipinski definition) is 0. The Hall–Kier alpha value is -2.95. The molecule has 1 heterocycles. The summed E-state index contributed by atoms with van der Waals surface area (Å²) in [6.45, 7) is 6.34. The number of carbonyl (C=O) groups is 1. The van der Waals surface area contributed by atoms with E-state index in [0.29, 0.717) is 12.3 Å². The molecule has 5 heteroatoms. The summed E-state index contributed by atoms with van der Waals surface area (Å²) in [5.74, 6) is 0.404. The summed E-state index contributed by atoms with van der Waals surface area (Å²) in [4.78, 5) is 18.1. The van der Waals surface area contributed by atoms with Crippen molar-refractivity contribution in [1.82, 2.24) is 4.73 Å². The van der Waals surface area contributed by atoms with Crippen LogP contribution in [0.25, 0.3) is 10.9 Å². The molecule has 0 amide bonds. The lowest BCUT2D eigenvalue weighted by Gasteiger charge is -2.15. The molecular formula is C21H23NO4. The second-order valence-corrected chi connectivity index (χ2v) is 6.40. The number of rotatable bonds is 6. The number of aryl methyl sites for hydroxylation is 1. The molecule has 3 aromatic rings. The van der Waals surface area contributed by atoms with Crippen LogP contribution in [-0.2, 0) is 11.3 Å². The first-order chi connectivity index (χ1) is 12.5. The molecule has 0 atom stereocenters. The van der Waals surface area contributed by atoms with Crippen molar-refractivity contribution in [2.45, 2.75) is 33.5 Å². The van der Waals surface area contributed by atoms with Crippen LogP contribution in [0.5, 0.6) is 5.75 Å². The first-order valence-electron chi connectivity index (χ1n) is 8.58. The van der Waals surface area contributed by atoms with E-state index in [2.05, 4.69) is 0 Å². The number of benzene rings is 2. The molecule has 26 heavy (non-hydrogen) atoms. The minimum Gasteiger partial charge on any atom is -0.491 e. The Balaban J connectivity index is 1.87. The maximum absolute atomic E-state index is 12.1. The van der Waals surface area contributed by atoms with E-state index < -0.39 is 5.97 Å². The van der Waals surface area contributed by atoms with Crippen LogP contribution in [0.2, 0.25) is 0 Å². The van der Waals surface area contributed by atoms with Gasteiger partial charge in [-0.1, -0.05) is 24.3 Å². The van der Waals surface area contributed by atoms with Crippen LogP contribution >= 0.6 is 0 Å². The fraction of sp³-hybridized carbons (Fsp3) is 0.286. The number of hydrogen-bond acceptors (Lipinski definition) is 4. The lowest BCUT2D eigenvalue weighted by atomic mass is 10.1. The van der Waals surface area contributed by atoms with Crippen LogP contribution in [0.3, 0.4) is 0 Å². The van der Waals surface area contributed by atoms with Crippen LogP contribution in [0.15, 0.2) is 48.5 Å². The van der Waals surface area contributed by atoms with Crippen LogP contribution in [0.1, 0.15) is 35.5 Å². The molecule has 0 saturated carbocycles. The summed E-state index contributed by atoms with van der Waals surface area (Å²) in [6, 6.07) is 15.4. The Labute approximate surface area is 153 Å². The van der Waals surface area contributed by atoms with Gasteiger partial charge in [-0.3, -0.25) is 0 Å². The van der Waals surface area contributed by atoms with E-state index in [0.717, 1.165) is 27.8 Å². The fourth-order valence-electron chi connectivity index (χ4n) is 2.83. The summed E-state index contributed by atoms with van der Waals surface area (Å²) < 4.78 is 12.1. The predicted molar refractivity (Wildman–Crippen MR) is 101 cm³/mol. The van der Waals surface area contributed by atoms with Crippen molar-refractivity contribution < 1.29 is 19.1 Å². The fourth-order valence-corrected chi connectivity index (χ4v) is 2.83. The Morgan fingerprint density at radius 2 is 1.88 bits per heavy atom. The highest BCUT2D eigenvalue weighted by Gasteiger charge is 2.17. The highest BCUT2D eigenvalue weighted by Crippen LogP contribution is 2.22. The lowest BCUT2D eigenvalue weighted by Crippen LogP contribution is -2.18. The molecule has 136 valence electrons. The van der Waals surface area contributed by atoms with Gasteiger partial charge in [0.15, 0.2) is 5.69 Å². The lowest BCUT2D eigenvalue weighted by molar-refractivity contribution is 0.0503. The zero-order valence-electron chi connectivity index (χ0n) is 15.5. The Morgan fingerprint density at radius 1 is 1.12 bits per heavy atom. The third kappa shape index (κ3) is 3.67. The molecule has 0 bridgehead atoms. The van der Waals surface area contributed by atoms with Crippen molar-refractivity contribution >= 4 is 16.9 Å². The van der Waals surface area contributed by atoms with E-state index in [1.807, 2.05) is 63.2 Å². The van der Waals surface area contributed by atoms with Crippen LogP contribution in [0.4, 0.5) is 0 Å². The number of esters is 1. The first-order valence-corrected chi connectivity index (χ1v) is 8.58. The second-order valence-electron chi connectivity index (χ2n) is 6.40. The minimum absolute atomic E-state index is 0.130. The molecule has 0 N–H and O–H groups in total. The van der Waals surface area contributed by atoms with Gasteiger partial charge in [0.2, 0.25) is 0 Å². The molecule has 3 rings (SSSR count). The predicted octanol–water partition coefficient (Wildman–Crippen LogP) is 4.15. The van der Waals surface area contributed by atoms with Gasteiger partial charge in [0.1, 0.15) is 12.4 Å². The number of carbonyl (C=O) groups excluding carboxylic acids is 1. The molecule has 0 aliphatic rings. The van der Waals surface area contributed by atoms with Gasteiger partial charge < -0.3 is 14.3 Å². The maximum Gasteiger partial charge on any atom is 0.358 e. The number of ether oxygens (including phenoxy) is 2. The van der Waals surface area contributed by atoms with E-state index in [-0.39, 0.29) is 6.10 Å². The summed E-state index contributed by atoms with van der Waals surface area (Å²) in [5.41, 5.74) is 3.28. The molecule has 0 aliphatic heterocycles. The van der Waals surface area contributed by atoms with Gasteiger partial charge >= 0.3 is 5.97 Å². The van der Waals surface area contributed by atoms with E-state index in [1.54, 1.807) is 10.8 Å². The Bertz CT molecular complexity index is 927. The smallest absolute Gasteiger partial charge is 0.358 e. The third-order valence-corrected chi connectivity index (χ3v) is 4.10. The van der Waals surface area contributed by atoms with Crippen LogP contribution < -0.4 is 9.57 Å². The monoisotopic (exact) mass is 353 g/mol. The van der Waals surface area contributed by atoms with Gasteiger partial charge in [0.25, 0.3) is 0 Å². The number of aromatic nitrogens is 1. The Morgan fingerprint density at radius 3 is 2.58 bits per heavy atom. The molecule has 0 spiro atoms. The largest absolute Gasteiger partial charge is 0.491 e. The quantitative estimate of drug-likeness (QED) is 0.625. The van der Waals surface area contributed by atoms with Gasteiger partial charge in [0, 0.05) is 5.39 Å². The Kier molecular flexibility index (Phi) is 5.16. The SMILES string of the molecule is COC(=O)c1cc2ccccc2n1OCc1ccc(OC(C)C)cc1C. The number of para-hydroxylation sites is 1. The summed E-state index contributed by atoms with van der Waals surface area (Å²) in [6.07, 6.45) is 0.130. The molecule has 2 aromatic carbocycles. The standard InChI is InChI=1S/C21H23NO4/c1-14(2)26-18-10-9-17(15(3)11-18)13-25-22-19-8-6-5-7-16(19)12-20(22)21(23)24-4/h5-12,14H,13H2,1-4H3. The van der Waals surface area contributed by atoms with Gasteiger partial charge in [-0.15, -0.1) is 0 Å².